The summed E-state index contributed by atoms with van der Waals surface area (Å²) in [4.78, 5) is 35.6. The molecule has 214 valence electrons. The van der Waals surface area contributed by atoms with Crippen LogP contribution in [0.3, 0.4) is 0 Å². The molecule has 0 saturated carbocycles. The first-order valence-electron chi connectivity index (χ1n) is 12.7. The summed E-state index contributed by atoms with van der Waals surface area (Å²) in [6.45, 7) is 5.86. The van der Waals surface area contributed by atoms with E-state index in [4.69, 9.17) is 4.74 Å². The number of benzene rings is 3. The number of rotatable bonds is 9. The molecule has 1 heterocycles. The van der Waals surface area contributed by atoms with E-state index in [0.717, 1.165) is 26.0 Å². The molecular weight excluding hydrogens is 605 g/mol. The Morgan fingerprint density at radius 1 is 0.976 bits per heavy atom. The third-order valence-corrected chi connectivity index (χ3v) is 9.41. The number of sulfonamides is 1. The molecule has 0 aliphatic heterocycles. The summed E-state index contributed by atoms with van der Waals surface area (Å²) in [6.07, 6.45) is 2.74. The summed E-state index contributed by atoms with van der Waals surface area (Å²) >= 11 is -0.863. The molecule has 4 aromatic rings. The Bertz CT molecular complexity index is 1750. The van der Waals surface area contributed by atoms with Gasteiger partial charge in [0.05, 0.1) is 6.26 Å². The van der Waals surface area contributed by atoms with Crippen molar-refractivity contribution < 1.29 is 22.7 Å². The van der Waals surface area contributed by atoms with Crippen LogP contribution in [-0.2, 0) is 20.2 Å². The maximum atomic E-state index is 13.5. The van der Waals surface area contributed by atoms with Gasteiger partial charge >= 0.3 is 232 Å². The van der Waals surface area contributed by atoms with Gasteiger partial charge in [-0.05, 0) is 0 Å². The molecule has 0 fully saturated rings. The summed E-state index contributed by atoms with van der Waals surface area (Å²) in [6, 6.07) is 16.2. The Morgan fingerprint density at radius 2 is 1.66 bits per heavy atom. The minimum absolute atomic E-state index is 0.0981. The first-order valence-corrected chi connectivity index (χ1v) is 16.6. The number of ketones is 1. The van der Waals surface area contributed by atoms with E-state index in [2.05, 4.69) is 25.3 Å². The van der Waals surface area contributed by atoms with Crippen LogP contribution in [0.5, 0.6) is 5.75 Å². The van der Waals surface area contributed by atoms with E-state index in [1.807, 2.05) is 57.2 Å². The number of fused-ring (bicyclic) bond motifs is 1. The summed E-state index contributed by atoms with van der Waals surface area (Å²) < 4.78 is 34.0. The van der Waals surface area contributed by atoms with Gasteiger partial charge in [-0.3, -0.25) is 0 Å². The average molecular weight is 638 g/mol. The Hall–Kier alpha value is -3.95. The third kappa shape index (κ3) is 7.04. The summed E-state index contributed by atoms with van der Waals surface area (Å²) in [7, 11) is -0.523. The molecule has 12 heteroatoms. The number of hydrogen-bond donors (Lipinski definition) is 3. The summed E-state index contributed by atoms with van der Waals surface area (Å²) in [5, 5.41) is 7.15. The number of carbonyl (C=O) groups is 2. The van der Waals surface area contributed by atoms with Gasteiger partial charge in [0.15, 0.2) is 0 Å². The topological polar surface area (TPSA) is 139 Å². The van der Waals surface area contributed by atoms with Gasteiger partial charge in [-0.25, -0.2) is 8.42 Å². The summed E-state index contributed by atoms with van der Waals surface area (Å²) in [5.74, 6) is -0.961. The number of carbonyl (C=O) groups excluding carboxylic acids is 2. The number of ether oxygens (including phenoxy) is 1. The van der Waals surface area contributed by atoms with Crippen LogP contribution >= 0.6 is 0 Å². The standard InChI is InChI=1S/C29H32AsN5O5S/c1-29(2,3)17-15-22(26(40-5)23(16-17)35-41(6,38)39)33-27(37)25(36)20-11-12-21(19-10-8-7-9-18(19)20)30-24-13-14-32-28(31-4)34-24/h7-16,30,35H,1-6H3,(H,33,37)(H,31,32,34). The quantitative estimate of drug-likeness (QED) is 0.145. The van der Waals surface area contributed by atoms with Crippen molar-refractivity contribution in [2.45, 2.75) is 26.2 Å². The number of Topliss-reactive ketones (excluding diaryl/α,β-unsaturated/α-hetero) is 1. The van der Waals surface area contributed by atoms with Crippen LogP contribution in [0.1, 0.15) is 36.7 Å². The molecule has 0 bridgehead atoms. The van der Waals surface area contributed by atoms with Crippen molar-refractivity contribution in [2.75, 3.05) is 35.8 Å². The molecule has 1 aromatic heterocycles. The molecule has 3 N–H and O–H groups in total. The Kier molecular flexibility index (Phi) is 8.70. The van der Waals surface area contributed by atoms with Crippen LogP contribution in [-0.4, -0.2) is 66.2 Å². The van der Waals surface area contributed by atoms with Crippen LogP contribution in [0.25, 0.3) is 10.8 Å². The van der Waals surface area contributed by atoms with Crippen LogP contribution in [0.15, 0.2) is 60.8 Å². The van der Waals surface area contributed by atoms with E-state index in [9.17, 15) is 18.0 Å². The van der Waals surface area contributed by atoms with E-state index >= 15 is 0 Å². The monoisotopic (exact) mass is 637 g/mol. The number of anilines is 3. The van der Waals surface area contributed by atoms with Crippen molar-refractivity contribution in [2.24, 2.45) is 0 Å². The predicted molar refractivity (Wildman–Crippen MR) is 165 cm³/mol. The second kappa shape index (κ2) is 11.9. The normalized spacial score (nSPS) is 12.0. The van der Waals surface area contributed by atoms with Crippen LogP contribution in [0.4, 0.5) is 17.3 Å². The number of aromatic nitrogens is 2. The fraction of sp³-hybridized carbons (Fsp3) is 0.241. The van der Waals surface area contributed by atoms with E-state index in [-0.39, 0.29) is 22.7 Å². The Labute approximate surface area is 246 Å². The number of methoxy groups -OCH3 is 1. The van der Waals surface area contributed by atoms with Gasteiger partial charge in [-0.1, -0.05) is 0 Å². The molecule has 1 unspecified atom stereocenters. The van der Waals surface area contributed by atoms with Crippen molar-refractivity contribution in [1.82, 2.24) is 9.97 Å². The molecule has 4 rings (SSSR count). The van der Waals surface area contributed by atoms with E-state index in [1.54, 1.807) is 31.4 Å². The predicted octanol–water partition coefficient (Wildman–Crippen LogP) is 2.56. The fourth-order valence-electron chi connectivity index (χ4n) is 4.24. The molecule has 0 aliphatic carbocycles. The van der Waals surface area contributed by atoms with Crippen molar-refractivity contribution in [3.8, 4) is 5.75 Å². The number of amides is 1. The molecule has 1 atom stereocenters. The van der Waals surface area contributed by atoms with E-state index in [0.29, 0.717) is 11.3 Å². The number of nitrogens with one attached hydrogen (secondary N) is 3. The zero-order valence-corrected chi connectivity index (χ0v) is 26.5. The van der Waals surface area contributed by atoms with Gasteiger partial charge in [0.25, 0.3) is 0 Å². The second-order valence-corrected chi connectivity index (χ2v) is 14.8. The molecule has 0 radical (unpaired) electrons. The van der Waals surface area contributed by atoms with Gasteiger partial charge in [0.2, 0.25) is 0 Å². The van der Waals surface area contributed by atoms with Crippen molar-refractivity contribution in [3.63, 3.8) is 0 Å². The third-order valence-electron chi connectivity index (χ3n) is 6.22. The molecule has 3 aromatic carbocycles. The van der Waals surface area contributed by atoms with Gasteiger partial charge < -0.3 is 0 Å². The van der Waals surface area contributed by atoms with Crippen LogP contribution < -0.4 is 28.9 Å². The molecular formula is C29H32AsN5O5S. The SMILES string of the molecule is CNc1nccc([AsH]c2ccc(C(=O)C(=O)Nc3cc(C(C)(C)C)cc(NS(C)(=O)=O)c3OC)c3ccccc23)n1. The molecule has 0 aliphatic rings. The molecule has 1 amide bonds. The van der Waals surface area contributed by atoms with Gasteiger partial charge in [0, 0.05) is 0 Å². The molecule has 10 nitrogen and oxygen atoms in total. The number of nitrogens with zero attached hydrogens (tertiary/aromatic N) is 2. The van der Waals surface area contributed by atoms with Gasteiger partial charge in [-0.2, -0.15) is 0 Å². The second-order valence-electron chi connectivity index (χ2n) is 10.4. The van der Waals surface area contributed by atoms with E-state index in [1.165, 1.54) is 7.11 Å². The average Bonchev–Trinajstić information content (AvgIpc) is 2.91. The number of hydrogen-bond acceptors (Lipinski definition) is 8. The van der Waals surface area contributed by atoms with Crippen molar-refractivity contribution in [3.05, 3.63) is 71.9 Å². The first kappa shape index (κ1) is 30.0. The van der Waals surface area contributed by atoms with E-state index < -0.39 is 42.9 Å². The summed E-state index contributed by atoms with van der Waals surface area (Å²) in [5.41, 5.74) is 0.943. The van der Waals surface area contributed by atoms with Gasteiger partial charge in [0.1, 0.15) is 0 Å². The fourth-order valence-corrected chi connectivity index (χ4v) is 7.13. The Morgan fingerprint density at radius 3 is 2.29 bits per heavy atom. The molecule has 41 heavy (non-hydrogen) atoms. The Balaban J connectivity index is 1.71. The van der Waals surface area contributed by atoms with Crippen molar-refractivity contribution in [1.29, 1.82) is 0 Å². The zero-order valence-electron chi connectivity index (χ0n) is 23.6. The van der Waals surface area contributed by atoms with Crippen molar-refractivity contribution >= 4 is 74.4 Å². The maximum absolute atomic E-state index is 13.5. The molecule has 0 spiro atoms. The minimum atomic E-state index is -3.65. The first-order chi connectivity index (χ1) is 19.3. The molecule has 0 saturated heterocycles. The van der Waals surface area contributed by atoms with Gasteiger partial charge in [-0.15, -0.1) is 0 Å². The van der Waals surface area contributed by atoms with Crippen LogP contribution in [0.2, 0.25) is 0 Å². The van der Waals surface area contributed by atoms with Crippen LogP contribution in [0, 0.1) is 0 Å². The zero-order chi connectivity index (χ0) is 29.9.